The zero-order valence-electron chi connectivity index (χ0n) is 15.4. The molecule has 0 saturated heterocycles. The standard InChI is InChI=1S/C22H23NO4/c1-17-8-10-18(11-9-17)20-16-23-21(27-20)12-13-22(24)26-15-5-14-25-19-6-3-2-4-7-19/h2-4,6-11,16H,5,12-15H2,1H3. The van der Waals surface area contributed by atoms with E-state index in [1.807, 2.05) is 61.5 Å². The summed E-state index contributed by atoms with van der Waals surface area (Å²) in [6, 6.07) is 17.6. The first-order chi connectivity index (χ1) is 13.2. The van der Waals surface area contributed by atoms with Crippen molar-refractivity contribution in [2.45, 2.75) is 26.2 Å². The zero-order chi connectivity index (χ0) is 18.9. The molecule has 0 saturated carbocycles. The highest BCUT2D eigenvalue weighted by molar-refractivity contribution is 5.69. The van der Waals surface area contributed by atoms with Crippen LogP contribution >= 0.6 is 0 Å². The smallest absolute Gasteiger partial charge is 0.306 e. The summed E-state index contributed by atoms with van der Waals surface area (Å²) in [5.41, 5.74) is 2.16. The van der Waals surface area contributed by atoms with Crippen LogP contribution in [-0.4, -0.2) is 24.2 Å². The number of oxazole rings is 1. The number of rotatable bonds is 9. The summed E-state index contributed by atoms with van der Waals surface area (Å²) in [4.78, 5) is 16.1. The third-order valence-electron chi connectivity index (χ3n) is 4.00. The Morgan fingerprint density at radius 3 is 2.59 bits per heavy atom. The number of aryl methyl sites for hydroxylation is 2. The van der Waals surface area contributed by atoms with Crippen molar-refractivity contribution >= 4 is 5.97 Å². The minimum absolute atomic E-state index is 0.243. The number of nitrogens with zero attached hydrogens (tertiary/aromatic N) is 1. The van der Waals surface area contributed by atoms with Crippen molar-refractivity contribution in [1.29, 1.82) is 0 Å². The molecule has 5 nitrogen and oxygen atoms in total. The lowest BCUT2D eigenvalue weighted by Crippen LogP contribution is -2.09. The summed E-state index contributed by atoms with van der Waals surface area (Å²) in [6.45, 7) is 2.89. The van der Waals surface area contributed by atoms with Gasteiger partial charge >= 0.3 is 5.97 Å². The Labute approximate surface area is 159 Å². The Morgan fingerprint density at radius 1 is 1.04 bits per heavy atom. The molecule has 1 heterocycles. The first kappa shape index (κ1) is 18.7. The van der Waals surface area contributed by atoms with E-state index in [4.69, 9.17) is 13.9 Å². The molecule has 3 rings (SSSR count). The fourth-order valence-corrected chi connectivity index (χ4v) is 2.51. The van der Waals surface area contributed by atoms with Gasteiger partial charge in [-0.15, -0.1) is 0 Å². The molecular weight excluding hydrogens is 342 g/mol. The van der Waals surface area contributed by atoms with Gasteiger partial charge < -0.3 is 13.9 Å². The van der Waals surface area contributed by atoms with Gasteiger partial charge in [0.15, 0.2) is 11.7 Å². The molecule has 0 aliphatic carbocycles. The van der Waals surface area contributed by atoms with Crippen LogP contribution in [0.15, 0.2) is 65.2 Å². The summed E-state index contributed by atoms with van der Waals surface area (Å²) >= 11 is 0. The van der Waals surface area contributed by atoms with Crippen LogP contribution in [0.3, 0.4) is 0 Å². The number of ether oxygens (including phenoxy) is 2. The van der Waals surface area contributed by atoms with Gasteiger partial charge in [0, 0.05) is 18.4 Å². The number of carbonyl (C=O) groups is 1. The highest BCUT2D eigenvalue weighted by Crippen LogP contribution is 2.21. The summed E-state index contributed by atoms with van der Waals surface area (Å²) in [7, 11) is 0. The van der Waals surface area contributed by atoms with Crippen LogP contribution in [0.1, 0.15) is 24.3 Å². The Balaban J connectivity index is 1.34. The van der Waals surface area contributed by atoms with Gasteiger partial charge in [-0.25, -0.2) is 4.98 Å². The largest absolute Gasteiger partial charge is 0.493 e. The Hall–Kier alpha value is -3.08. The predicted octanol–water partition coefficient (Wildman–Crippen LogP) is 4.59. The molecule has 5 heteroatoms. The van der Waals surface area contributed by atoms with Gasteiger partial charge in [-0.3, -0.25) is 4.79 Å². The molecule has 0 aliphatic heterocycles. The highest BCUT2D eigenvalue weighted by atomic mass is 16.5. The first-order valence-electron chi connectivity index (χ1n) is 9.06. The predicted molar refractivity (Wildman–Crippen MR) is 103 cm³/mol. The van der Waals surface area contributed by atoms with Crippen LogP contribution in [0, 0.1) is 6.92 Å². The number of hydrogen-bond donors (Lipinski definition) is 0. The molecule has 0 atom stereocenters. The van der Waals surface area contributed by atoms with Crippen LogP contribution in [-0.2, 0) is 16.0 Å². The molecule has 140 valence electrons. The molecule has 0 amide bonds. The first-order valence-corrected chi connectivity index (χ1v) is 9.06. The summed E-state index contributed by atoms with van der Waals surface area (Å²) in [5, 5.41) is 0. The number of benzene rings is 2. The molecule has 1 aromatic heterocycles. The molecule has 3 aromatic rings. The minimum Gasteiger partial charge on any atom is -0.493 e. The van der Waals surface area contributed by atoms with E-state index in [1.165, 1.54) is 5.56 Å². The van der Waals surface area contributed by atoms with Crippen molar-refractivity contribution in [3.05, 3.63) is 72.2 Å². The number of para-hydroxylation sites is 1. The third-order valence-corrected chi connectivity index (χ3v) is 4.00. The van der Waals surface area contributed by atoms with Crippen molar-refractivity contribution < 1.29 is 18.7 Å². The van der Waals surface area contributed by atoms with Gasteiger partial charge in [-0.1, -0.05) is 48.0 Å². The fraction of sp³-hybridized carbons (Fsp3) is 0.273. The van der Waals surface area contributed by atoms with Crippen LogP contribution in [0.5, 0.6) is 5.75 Å². The number of aromatic nitrogens is 1. The molecule has 0 spiro atoms. The van der Waals surface area contributed by atoms with E-state index >= 15 is 0 Å². The SMILES string of the molecule is Cc1ccc(-c2cnc(CCC(=O)OCCCOc3ccccc3)o2)cc1. The van der Waals surface area contributed by atoms with Gasteiger partial charge in [0.05, 0.1) is 25.8 Å². The molecule has 27 heavy (non-hydrogen) atoms. The van der Waals surface area contributed by atoms with Crippen LogP contribution in [0.2, 0.25) is 0 Å². The minimum atomic E-state index is -0.259. The van der Waals surface area contributed by atoms with Crippen molar-refractivity contribution in [3.63, 3.8) is 0 Å². The lowest BCUT2D eigenvalue weighted by atomic mass is 10.1. The average molecular weight is 365 g/mol. The average Bonchev–Trinajstić information content (AvgIpc) is 3.16. The Morgan fingerprint density at radius 2 is 1.81 bits per heavy atom. The van der Waals surface area contributed by atoms with E-state index < -0.39 is 0 Å². The van der Waals surface area contributed by atoms with E-state index in [1.54, 1.807) is 6.20 Å². The summed E-state index contributed by atoms with van der Waals surface area (Å²) < 4.78 is 16.5. The van der Waals surface area contributed by atoms with Gasteiger partial charge in [0.1, 0.15) is 5.75 Å². The summed E-state index contributed by atoms with van der Waals surface area (Å²) in [5.74, 6) is 1.80. The fourth-order valence-electron chi connectivity index (χ4n) is 2.51. The molecule has 0 bridgehead atoms. The maximum Gasteiger partial charge on any atom is 0.306 e. The molecule has 2 aromatic carbocycles. The lowest BCUT2D eigenvalue weighted by Gasteiger charge is -2.06. The lowest BCUT2D eigenvalue weighted by molar-refractivity contribution is -0.143. The second-order valence-corrected chi connectivity index (χ2v) is 6.22. The van der Waals surface area contributed by atoms with E-state index in [0.29, 0.717) is 37.7 Å². The highest BCUT2D eigenvalue weighted by Gasteiger charge is 2.10. The monoisotopic (exact) mass is 365 g/mol. The maximum atomic E-state index is 11.8. The van der Waals surface area contributed by atoms with E-state index in [2.05, 4.69) is 4.98 Å². The van der Waals surface area contributed by atoms with Gasteiger partial charge in [-0.05, 0) is 19.1 Å². The Kier molecular flexibility index (Phi) is 6.63. The van der Waals surface area contributed by atoms with Crippen molar-refractivity contribution in [1.82, 2.24) is 4.98 Å². The van der Waals surface area contributed by atoms with Gasteiger partial charge in [-0.2, -0.15) is 0 Å². The quantitative estimate of drug-likeness (QED) is 0.410. The summed E-state index contributed by atoms with van der Waals surface area (Å²) in [6.07, 6.45) is 3.00. The molecular formula is C22H23NO4. The number of esters is 1. The second-order valence-electron chi connectivity index (χ2n) is 6.22. The van der Waals surface area contributed by atoms with Crippen LogP contribution in [0.25, 0.3) is 11.3 Å². The van der Waals surface area contributed by atoms with Crippen LogP contribution in [0.4, 0.5) is 0 Å². The zero-order valence-corrected chi connectivity index (χ0v) is 15.4. The molecule has 0 radical (unpaired) electrons. The van der Waals surface area contributed by atoms with E-state index in [9.17, 15) is 4.79 Å². The normalized spacial score (nSPS) is 10.6. The van der Waals surface area contributed by atoms with E-state index in [-0.39, 0.29) is 12.4 Å². The molecule has 0 N–H and O–H groups in total. The second kappa shape index (κ2) is 9.57. The van der Waals surface area contributed by atoms with Crippen molar-refractivity contribution in [2.24, 2.45) is 0 Å². The van der Waals surface area contributed by atoms with Gasteiger partial charge in [0.25, 0.3) is 0 Å². The third kappa shape index (κ3) is 5.99. The van der Waals surface area contributed by atoms with Crippen molar-refractivity contribution in [2.75, 3.05) is 13.2 Å². The molecule has 0 fully saturated rings. The van der Waals surface area contributed by atoms with Crippen LogP contribution < -0.4 is 4.74 Å². The number of carbonyl (C=O) groups excluding carboxylic acids is 1. The molecule has 0 unspecified atom stereocenters. The number of hydrogen-bond acceptors (Lipinski definition) is 5. The van der Waals surface area contributed by atoms with E-state index in [0.717, 1.165) is 11.3 Å². The molecule has 0 aliphatic rings. The maximum absolute atomic E-state index is 11.8. The van der Waals surface area contributed by atoms with Crippen molar-refractivity contribution in [3.8, 4) is 17.1 Å². The Bertz CT molecular complexity index is 840. The topological polar surface area (TPSA) is 61.6 Å². The van der Waals surface area contributed by atoms with Gasteiger partial charge in [0.2, 0.25) is 0 Å².